The fraction of sp³-hybridized carbons (Fsp3) is 0.538. The third-order valence-corrected chi connectivity index (χ3v) is 3.75. The molecule has 0 aliphatic carbocycles. The zero-order valence-corrected chi connectivity index (χ0v) is 12.1. The molecule has 0 aromatic heterocycles. The van der Waals surface area contributed by atoms with Gasteiger partial charge in [-0.05, 0) is 30.9 Å². The molecule has 1 heterocycles. The van der Waals surface area contributed by atoms with E-state index in [9.17, 15) is 0 Å². The highest BCUT2D eigenvalue weighted by Crippen LogP contribution is 2.28. The molecule has 0 bridgehead atoms. The van der Waals surface area contributed by atoms with Crippen molar-refractivity contribution < 1.29 is 4.74 Å². The van der Waals surface area contributed by atoms with Crippen LogP contribution in [0.2, 0.25) is 0 Å². The van der Waals surface area contributed by atoms with Gasteiger partial charge in [-0.25, -0.2) is 0 Å². The fourth-order valence-electron chi connectivity index (χ4n) is 1.91. The van der Waals surface area contributed by atoms with Gasteiger partial charge in [-0.15, -0.1) is 11.6 Å². The van der Waals surface area contributed by atoms with E-state index < -0.39 is 0 Å². The van der Waals surface area contributed by atoms with Crippen LogP contribution >= 0.6 is 27.5 Å². The molecule has 0 fully saturated rings. The number of hydrogen-bond donors (Lipinski definition) is 1. The van der Waals surface area contributed by atoms with Gasteiger partial charge >= 0.3 is 0 Å². The molecule has 0 saturated carbocycles. The Morgan fingerprint density at radius 1 is 1.41 bits per heavy atom. The van der Waals surface area contributed by atoms with E-state index in [4.69, 9.17) is 16.3 Å². The molecule has 0 spiro atoms. The molecule has 1 aromatic rings. The van der Waals surface area contributed by atoms with E-state index in [1.165, 1.54) is 11.3 Å². The quantitative estimate of drug-likeness (QED) is 0.658. The SMILES string of the molecule is ClCCCCOc1ccc2c(c1)NCC(Br)C2. The van der Waals surface area contributed by atoms with Gasteiger partial charge in [0.1, 0.15) is 5.75 Å². The first-order chi connectivity index (χ1) is 8.29. The number of hydrogen-bond acceptors (Lipinski definition) is 2. The average Bonchev–Trinajstić information content (AvgIpc) is 2.35. The molecule has 0 radical (unpaired) electrons. The number of alkyl halides is 2. The zero-order valence-electron chi connectivity index (χ0n) is 9.72. The Labute approximate surface area is 116 Å². The number of ether oxygens (including phenoxy) is 1. The second kappa shape index (κ2) is 6.50. The summed E-state index contributed by atoms with van der Waals surface area (Å²) < 4.78 is 5.69. The minimum atomic E-state index is 0.533. The van der Waals surface area contributed by atoms with Gasteiger partial charge in [0.2, 0.25) is 0 Å². The van der Waals surface area contributed by atoms with Crippen LogP contribution < -0.4 is 10.1 Å². The maximum absolute atomic E-state index is 5.69. The summed E-state index contributed by atoms with van der Waals surface area (Å²) in [7, 11) is 0. The lowest BCUT2D eigenvalue weighted by molar-refractivity contribution is 0.310. The maximum Gasteiger partial charge on any atom is 0.121 e. The number of unbranched alkanes of at least 4 members (excludes halogenated alkanes) is 1. The molecule has 1 aliphatic heterocycles. The van der Waals surface area contributed by atoms with Gasteiger partial charge in [-0.1, -0.05) is 22.0 Å². The fourth-order valence-corrected chi connectivity index (χ4v) is 2.61. The van der Waals surface area contributed by atoms with Crippen molar-refractivity contribution in [2.24, 2.45) is 0 Å². The predicted molar refractivity (Wildman–Crippen MR) is 76.8 cm³/mol. The normalized spacial score (nSPS) is 18.4. The molecular weight excluding hydrogens is 302 g/mol. The summed E-state index contributed by atoms with van der Waals surface area (Å²) >= 11 is 9.25. The van der Waals surface area contributed by atoms with Crippen molar-refractivity contribution in [3.63, 3.8) is 0 Å². The second-order valence-corrected chi connectivity index (χ2v) is 5.92. The number of nitrogens with one attached hydrogen (secondary N) is 1. The van der Waals surface area contributed by atoms with Crippen molar-refractivity contribution in [3.8, 4) is 5.75 Å². The summed E-state index contributed by atoms with van der Waals surface area (Å²) in [5, 5.41) is 3.41. The van der Waals surface area contributed by atoms with E-state index in [1.807, 2.05) is 6.07 Å². The van der Waals surface area contributed by atoms with Gasteiger partial charge in [0.25, 0.3) is 0 Å². The van der Waals surface area contributed by atoms with Crippen molar-refractivity contribution in [2.75, 3.05) is 24.3 Å². The first-order valence-corrected chi connectivity index (χ1v) is 7.44. The van der Waals surface area contributed by atoms with E-state index in [1.54, 1.807) is 0 Å². The Balaban J connectivity index is 1.92. The summed E-state index contributed by atoms with van der Waals surface area (Å²) in [5.41, 5.74) is 2.56. The highest BCUT2D eigenvalue weighted by Gasteiger charge is 2.15. The van der Waals surface area contributed by atoms with Gasteiger partial charge in [0, 0.05) is 29.0 Å². The smallest absolute Gasteiger partial charge is 0.121 e. The molecule has 1 unspecified atom stereocenters. The number of anilines is 1. The van der Waals surface area contributed by atoms with Gasteiger partial charge in [-0.3, -0.25) is 0 Å². The van der Waals surface area contributed by atoms with Crippen LogP contribution in [0.4, 0.5) is 5.69 Å². The highest BCUT2D eigenvalue weighted by atomic mass is 79.9. The third kappa shape index (κ3) is 3.78. The van der Waals surface area contributed by atoms with E-state index >= 15 is 0 Å². The largest absolute Gasteiger partial charge is 0.494 e. The van der Waals surface area contributed by atoms with E-state index in [2.05, 4.69) is 33.4 Å². The van der Waals surface area contributed by atoms with Crippen LogP contribution in [0, 0.1) is 0 Å². The summed E-state index contributed by atoms with van der Waals surface area (Å²) in [4.78, 5) is 0.533. The lowest BCUT2D eigenvalue weighted by Gasteiger charge is -2.22. The summed E-state index contributed by atoms with van der Waals surface area (Å²) in [6.45, 7) is 1.72. The summed E-state index contributed by atoms with van der Waals surface area (Å²) in [6.07, 6.45) is 3.10. The first-order valence-electron chi connectivity index (χ1n) is 5.99. The van der Waals surface area contributed by atoms with Crippen molar-refractivity contribution >= 4 is 33.2 Å². The number of rotatable bonds is 5. The monoisotopic (exact) mass is 317 g/mol. The standard InChI is InChI=1S/C13H17BrClNO/c14-11-7-10-3-4-12(8-13(10)16-9-11)17-6-2-1-5-15/h3-4,8,11,16H,1-2,5-7,9H2. The number of benzene rings is 1. The molecule has 2 rings (SSSR count). The summed E-state index contributed by atoms with van der Waals surface area (Å²) in [6, 6.07) is 6.29. The second-order valence-electron chi connectivity index (χ2n) is 4.25. The zero-order chi connectivity index (χ0) is 12.1. The lowest BCUT2D eigenvalue weighted by atomic mass is 10.0. The molecule has 0 saturated heterocycles. The van der Waals surface area contributed by atoms with Crippen molar-refractivity contribution in [3.05, 3.63) is 23.8 Å². The predicted octanol–water partition coefficient (Wildman–Crippen LogP) is 3.82. The van der Waals surface area contributed by atoms with Crippen LogP contribution in [0.3, 0.4) is 0 Å². The van der Waals surface area contributed by atoms with E-state index in [-0.39, 0.29) is 0 Å². The van der Waals surface area contributed by atoms with Gasteiger partial charge < -0.3 is 10.1 Å². The Kier molecular flexibility index (Phi) is 4.99. The minimum Gasteiger partial charge on any atom is -0.494 e. The Morgan fingerprint density at radius 2 is 2.29 bits per heavy atom. The third-order valence-electron chi connectivity index (χ3n) is 2.83. The summed E-state index contributed by atoms with van der Waals surface area (Å²) in [5.74, 6) is 1.65. The molecule has 2 nitrogen and oxygen atoms in total. The molecule has 4 heteroatoms. The van der Waals surface area contributed by atoms with Gasteiger partial charge in [-0.2, -0.15) is 0 Å². The molecule has 1 atom stereocenters. The van der Waals surface area contributed by atoms with Crippen LogP contribution in [0.15, 0.2) is 18.2 Å². The van der Waals surface area contributed by atoms with Crippen LogP contribution in [-0.4, -0.2) is 23.9 Å². The lowest BCUT2D eigenvalue weighted by Crippen LogP contribution is -2.22. The number of halogens is 2. The van der Waals surface area contributed by atoms with Crippen LogP contribution in [-0.2, 0) is 6.42 Å². The average molecular weight is 319 g/mol. The van der Waals surface area contributed by atoms with Crippen molar-refractivity contribution in [1.82, 2.24) is 0 Å². The molecule has 1 aromatic carbocycles. The van der Waals surface area contributed by atoms with Crippen LogP contribution in [0.25, 0.3) is 0 Å². The van der Waals surface area contributed by atoms with Crippen LogP contribution in [0.5, 0.6) is 5.75 Å². The minimum absolute atomic E-state index is 0.533. The molecular formula is C13H17BrClNO. The van der Waals surface area contributed by atoms with Gasteiger partial charge in [0.15, 0.2) is 0 Å². The maximum atomic E-state index is 5.69. The van der Waals surface area contributed by atoms with E-state index in [0.29, 0.717) is 10.7 Å². The van der Waals surface area contributed by atoms with Crippen molar-refractivity contribution in [1.29, 1.82) is 0 Å². The van der Waals surface area contributed by atoms with Gasteiger partial charge in [0.05, 0.1) is 6.61 Å². The molecule has 17 heavy (non-hydrogen) atoms. The van der Waals surface area contributed by atoms with Crippen molar-refractivity contribution in [2.45, 2.75) is 24.1 Å². The Bertz CT molecular complexity index is 372. The molecule has 1 aliphatic rings. The topological polar surface area (TPSA) is 21.3 Å². The Hall–Kier alpha value is -0.410. The Morgan fingerprint density at radius 3 is 3.12 bits per heavy atom. The number of fused-ring (bicyclic) bond motifs is 1. The highest BCUT2D eigenvalue weighted by molar-refractivity contribution is 9.09. The van der Waals surface area contributed by atoms with Crippen LogP contribution in [0.1, 0.15) is 18.4 Å². The molecule has 94 valence electrons. The molecule has 1 N–H and O–H groups in total. The van der Waals surface area contributed by atoms with E-state index in [0.717, 1.165) is 38.2 Å². The molecule has 0 amide bonds. The first kappa shape index (κ1) is 13.0.